The fourth-order valence-corrected chi connectivity index (χ4v) is 2.12. The standard InChI is InChI=1S/C12H7NOS/c1-8-4-2-5-9-11(8)14-12(13-9)10-6-3-7-15-10/h1-7H. The number of oxazole rings is 1. The van der Waals surface area contributed by atoms with E-state index in [2.05, 4.69) is 4.98 Å². The molecule has 2 nitrogen and oxygen atoms in total. The van der Waals surface area contributed by atoms with Gasteiger partial charge in [-0.25, -0.2) is 4.98 Å². The van der Waals surface area contributed by atoms with Crippen LogP contribution in [-0.2, 0) is 0 Å². The molecule has 2 heterocycles. The summed E-state index contributed by atoms with van der Waals surface area (Å²) in [7, 11) is 0. The Morgan fingerprint density at radius 1 is 1.20 bits per heavy atom. The Kier molecular flexibility index (Phi) is 1.86. The molecule has 0 atom stereocenters. The smallest absolute Gasteiger partial charge is 0.237 e. The van der Waals surface area contributed by atoms with E-state index in [1.165, 1.54) is 0 Å². The number of fused-ring (bicyclic) bond motifs is 1. The van der Waals surface area contributed by atoms with E-state index in [9.17, 15) is 0 Å². The molecule has 0 saturated carbocycles. The van der Waals surface area contributed by atoms with Crippen LogP contribution in [0.15, 0.2) is 40.1 Å². The Bertz CT molecular complexity index is 595. The van der Waals surface area contributed by atoms with Crippen molar-refractivity contribution in [3.05, 3.63) is 48.2 Å². The van der Waals surface area contributed by atoms with Gasteiger partial charge in [0.25, 0.3) is 0 Å². The Hall–Kier alpha value is -1.61. The minimum Gasteiger partial charge on any atom is -0.435 e. The summed E-state index contributed by atoms with van der Waals surface area (Å²) in [4.78, 5) is 5.40. The Morgan fingerprint density at radius 3 is 2.87 bits per heavy atom. The summed E-state index contributed by atoms with van der Waals surface area (Å²) in [5.74, 6) is 0.637. The van der Waals surface area contributed by atoms with Crippen molar-refractivity contribution in [1.82, 2.24) is 4.98 Å². The second-order valence-corrected chi connectivity index (χ2v) is 4.14. The molecule has 15 heavy (non-hydrogen) atoms. The second kappa shape index (κ2) is 3.21. The summed E-state index contributed by atoms with van der Waals surface area (Å²) in [5, 5.41) is 1.99. The summed E-state index contributed by atoms with van der Waals surface area (Å²) in [6.07, 6.45) is 0. The number of thiophene rings is 1. The van der Waals surface area contributed by atoms with Crippen LogP contribution in [0.25, 0.3) is 21.9 Å². The molecule has 3 heteroatoms. The molecule has 3 rings (SSSR count). The van der Waals surface area contributed by atoms with Crippen molar-refractivity contribution in [3.8, 4) is 10.8 Å². The van der Waals surface area contributed by atoms with E-state index in [-0.39, 0.29) is 0 Å². The summed E-state index contributed by atoms with van der Waals surface area (Å²) >= 11 is 1.60. The maximum atomic E-state index is 5.79. The molecule has 0 aliphatic heterocycles. The summed E-state index contributed by atoms with van der Waals surface area (Å²) in [5.41, 5.74) is 2.10. The van der Waals surface area contributed by atoms with Crippen molar-refractivity contribution in [2.24, 2.45) is 0 Å². The topological polar surface area (TPSA) is 26.0 Å². The summed E-state index contributed by atoms with van der Waals surface area (Å²) in [6.45, 7) is 5.79. The first-order valence-electron chi connectivity index (χ1n) is 4.53. The molecule has 0 fully saturated rings. The van der Waals surface area contributed by atoms with Gasteiger partial charge >= 0.3 is 0 Å². The van der Waals surface area contributed by atoms with E-state index in [1.807, 2.05) is 35.7 Å². The number of benzene rings is 1. The van der Waals surface area contributed by atoms with Crippen LogP contribution in [-0.4, -0.2) is 4.98 Å². The normalized spacial score (nSPS) is 11.0. The van der Waals surface area contributed by atoms with Crippen LogP contribution in [0, 0.1) is 6.92 Å². The van der Waals surface area contributed by atoms with Crippen LogP contribution in [0.2, 0.25) is 0 Å². The van der Waals surface area contributed by atoms with Crippen LogP contribution in [0.5, 0.6) is 0 Å². The molecule has 72 valence electrons. The van der Waals surface area contributed by atoms with Crippen molar-refractivity contribution in [3.63, 3.8) is 0 Å². The van der Waals surface area contributed by atoms with E-state index in [4.69, 9.17) is 11.3 Å². The van der Waals surface area contributed by atoms with Gasteiger partial charge in [0, 0.05) is 12.5 Å². The van der Waals surface area contributed by atoms with Crippen LogP contribution < -0.4 is 0 Å². The molecule has 0 aliphatic rings. The van der Waals surface area contributed by atoms with Gasteiger partial charge in [0.15, 0.2) is 5.58 Å². The van der Waals surface area contributed by atoms with Gasteiger partial charge in [-0.05, 0) is 17.5 Å². The van der Waals surface area contributed by atoms with Crippen LogP contribution in [0.3, 0.4) is 0 Å². The molecule has 3 aromatic rings. The third-order valence-electron chi connectivity index (χ3n) is 2.18. The number of hydrogen-bond donors (Lipinski definition) is 0. The lowest BCUT2D eigenvalue weighted by Gasteiger charge is -1.89. The minimum absolute atomic E-state index is 0.628. The highest BCUT2D eigenvalue weighted by Crippen LogP contribution is 2.28. The van der Waals surface area contributed by atoms with Gasteiger partial charge in [0.2, 0.25) is 5.89 Å². The van der Waals surface area contributed by atoms with Crippen LogP contribution >= 0.6 is 11.3 Å². The van der Waals surface area contributed by atoms with Gasteiger partial charge in [-0.15, -0.1) is 11.3 Å². The number of hydrogen-bond acceptors (Lipinski definition) is 3. The average molecular weight is 213 g/mol. The maximum absolute atomic E-state index is 5.79. The Balaban J connectivity index is 2.27. The number of aromatic nitrogens is 1. The monoisotopic (exact) mass is 213 g/mol. The van der Waals surface area contributed by atoms with Crippen molar-refractivity contribution in [2.45, 2.75) is 0 Å². The highest BCUT2D eigenvalue weighted by Gasteiger charge is 2.09. The molecule has 0 amide bonds. The first-order chi connectivity index (χ1) is 7.34. The lowest BCUT2D eigenvalue weighted by molar-refractivity contribution is 0.620. The van der Waals surface area contributed by atoms with Crippen molar-refractivity contribution in [2.75, 3.05) is 0 Å². The fraction of sp³-hybridized carbons (Fsp3) is 0. The maximum Gasteiger partial charge on any atom is 0.237 e. The third kappa shape index (κ3) is 1.36. The first-order valence-corrected chi connectivity index (χ1v) is 5.41. The van der Waals surface area contributed by atoms with E-state index in [0.717, 1.165) is 10.4 Å². The largest absolute Gasteiger partial charge is 0.435 e. The molecule has 0 bridgehead atoms. The Labute approximate surface area is 91.2 Å². The van der Waals surface area contributed by atoms with Crippen LogP contribution in [0.1, 0.15) is 5.56 Å². The first kappa shape index (κ1) is 8.68. The number of nitrogens with zero attached hydrogens (tertiary/aromatic N) is 1. The zero-order chi connectivity index (χ0) is 10.3. The van der Waals surface area contributed by atoms with Crippen molar-refractivity contribution < 1.29 is 4.42 Å². The summed E-state index contributed by atoms with van der Waals surface area (Å²) < 4.78 is 5.62. The molecule has 1 aromatic carbocycles. The van der Waals surface area contributed by atoms with E-state index in [1.54, 1.807) is 11.3 Å². The molecule has 0 N–H and O–H groups in total. The Morgan fingerprint density at radius 2 is 2.13 bits per heavy atom. The van der Waals surface area contributed by atoms with Crippen LogP contribution in [0.4, 0.5) is 0 Å². The molecule has 0 unspecified atom stereocenters. The molecular weight excluding hydrogens is 206 g/mol. The number of para-hydroxylation sites is 1. The highest BCUT2D eigenvalue weighted by atomic mass is 32.1. The molecule has 0 spiro atoms. The van der Waals surface area contributed by atoms with Crippen molar-refractivity contribution in [1.29, 1.82) is 0 Å². The quantitative estimate of drug-likeness (QED) is 0.617. The number of rotatable bonds is 1. The van der Waals surface area contributed by atoms with Gasteiger partial charge in [0.1, 0.15) is 5.52 Å². The molecule has 2 aromatic heterocycles. The average Bonchev–Trinajstić information content (AvgIpc) is 2.86. The molecular formula is C12H7NOS. The van der Waals surface area contributed by atoms with E-state index >= 15 is 0 Å². The van der Waals surface area contributed by atoms with E-state index < -0.39 is 0 Å². The van der Waals surface area contributed by atoms with Gasteiger partial charge in [-0.2, -0.15) is 0 Å². The lowest BCUT2D eigenvalue weighted by Crippen LogP contribution is -1.71. The SMILES string of the molecule is [CH]c1cccc2nc(-c3cccs3)oc12. The lowest BCUT2D eigenvalue weighted by atomic mass is 10.2. The van der Waals surface area contributed by atoms with Gasteiger partial charge in [-0.1, -0.05) is 18.2 Å². The van der Waals surface area contributed by atoms with Gasteiger partial charge in [0.05, 0.1) is 4.88 Å². The minimum atomic E-state index is 0.628. The second-order valence-electron chi connectivity index (χ2n) is 3.19. The van der Waals surface area contributed by atoms with Gasteiger partial charge in [-0.3, -0.25) is 0 Å². The highest BCUT2D eigenvalue weighted by molar-refractivity contribution is 7.13. The fourth-order valence-electron chi connectivity index (χ4n) is 1.48. The predicted molar refractivity (Wildman–Crippen MR) is 60.7 cm³/mol. The molecule has 0 saturated heterocycles. The third-order valence-corrected chi connectivity index (χ3v) is 3.04. The molecule has 2 radical (unpaired) electrons. The zero-order valence-electron chi connectivity index (χ0n) is 7.81. The molecule has 0 aliphatic carbocycles. The summed E-state index contributed by atoms with van der Waals surface area (Å²) in [6, 6.07) is 9.53. The van der Waals surface area contributed by atoms with E-state index in [0.29, 0.717) is 17.0 Å². The predicted octanol–water partition coefficient (Wildman–Crippen LogP) is 3.62. The van der Waals surface area contributed by atoms with Gasteiger partial charge < -0.3 is 4.42 Å². The van der Waals surface area contributed by atoms with Crippen molar-refractivity contribution >= 4 is 22.4 Å². The zero-order valence-corrected chi connectivity index (χ0v) is 8.62.